The van der Waals surface area contributed by atoms with Crippen molar-refractivity contribution in [3.05, 3.63) is 42.4 Å². The lowest BCUT2D eigenvalue weighted by Crippen LogP contribution is -1.97. The van der Waals surface area contributed by atoms with Gasteiger partial charge < -0.3 is 10.4 Å². The molecule has 2 rings (SSSR count). The van der Waals surface area contributed by atoms with Crippen molar-refractivity contribution in [2.45, 2.75) is 32.6 Å². The van der Waals surface area contributed by atoms with E-state index >= 15 is 0 Å². The SMILES string of the molecule is CCCC(=N)[CH]CCc1c[nH]c2ccccc12. The summed E-state index contributed by atoms with van der Waals surface area (Å²) in [5.41, 5.74) is 3.32. The van der Waals surface area contributed by atoms with Gasteiger partial charge in [-0.2, -0.15) is 0 Å². The molecule has 0 unspecified atom stereocenters. The molecule has 0 aliphatic heterocycles. The molecule has 2 heteroatoms. The zero-order valence-electron chi connectivity index (χ0n) is 10.3. The van der Waals surface area contributed by atoms with E-state index in [1.165, 1.54) is 16.5 Å². The molecular weight excluding hydrogens is 208 g/mol. The molecule has 0 aliphatic rings. The zero-order valence-corrected chi connectivity index (χ0v) is 10.3. The van der Waals surface area contributed by atoms with Crippen LogP contribution in [0, 0.1) is 11.8 Å². The maximum atomic E-state index is 7.72. The average molecular weight is 227 g/mol. The van der Waals surface area contributed by atoms with E-state index < -0.39 is 0 Å². The minimum absolute atomic E-state index is 0.771. The number of para-hydroxylation sites is 1. The van der Waals surface area contributed by atoms with Crippen LogP contribution in [-0.2, 0) is 6.42 Å². The van der Waals surface area contributed by atoms with Gasteiger partial charge in [0.15, 0.2) is 0 Å². The standard InChI is InChI=1S/C15H19N2/c1-2-6-13(16)8-5-7-12-11-17-15-10-4-3-9-14(12)15/h3-4,8-11,16-17H,2,5-7H2,1H3. The Bertz CT molecular complexity index is 496. The Morgan fingerprint density at radius 2 is 2.18 bits per heavy atom. The number of aromatic nitrogens is 1. The second-order valence-electron chi connectivity index (χ2n) is 4.38. The Hall–Kier alpha value is -1.57. The maximum Gasteiger partial charge on any atom is 0.0456 e. The smallest absolute Gasteiger partial charge is 0.0456 e. The van der Waals surface area contributed by atoms with Gasteiger partial charge in [-0.05, 0) is 30.9 Å². The number of aryl methyl sites for hydroxylation is 1. The van der Waals surface area contributed by atoms with Crippen molar-refractivity contribution in [3.63, 3.8) is 0 Å². The van der Waals surface area contributed by atoms with E-state index in [1.54, 1.807) is 0 Å². The van der Waals surface area contributed by atoms with Crippen LogP contribution in [0.1, 0.15) is 31.7 Å². The molecule has 0 atom stereocenters. The third-order valence-corrected chi connectivity index (χ3v) is 3.00. The van der Waals surface area contributed by atoms with Crippen LogP contribution in [-0.4, -0.2) is 10.7 Å². The molecule has 0 bridgehead atoms. The van der Waals surface area contributed by atoms with Crippen LogP contribution < -0.4 is 0 Å². The average Bonchev–Trinajstić information content (AvgIpc) is 2.73. The van der Waals surface area contributed by atoms with E-state index in [0.717, 1.165) is 31.4 Å². The Morgan fingerprint density at radius 1 is 1.35 bits per heavy atom. The largest absolute Gasteiger partial charge is 0.361 e. The van der Waals surface area contributed by atoms with Crippen molar-refractivity contribution < 1.29 is 0 Å². The van der Waals surface area contributed by atoms with Gasteiger partial charge in [-0.25, -0.2) is 0 Å². The molecule has 2 N–H and O–H groups in total. The van der Waals surface area contributed by atoms with Gasteiger partial charge >= 0.3 is 0 Å². The molecule has 1 radical (unpaired) electrons. The minimum atomic E-state index is 0.771. The second-order valence-corrected chi connectivity index (χ2v) is 4.38. The highest BCUT2D eigenvalue weighted by Gasteiger charge is 2.03. The lowest BCUT2D eigenvalue weighted by atomic mass is 10.0. The second kappa shape index (κ2) is 5.67. The fourth-order valence-corrected chi connectivity index (χ4v) is 2.11. The Kier molecular flexibility index (Phi) is 3.97. The molecule has 0 saturated heterocycles. The molecule has 0 spiro atoms. The molecule has 1 aromatic heterocycles. The fraction of sp³-hybridized carbons (Fsp3) is 0.333. The lowest BCUT2D eigenvalue weighted by molar-refractivity contribution is 0.936. The summed E-state index contributed by atoms with van der Waals surface area (Å²) in [6.45, 7) is 2.11. The third-order valence-electron chi connectivity index (χ3n) is 3.00. The topological polar surface area (TPSA) is 39.6 Å². The first-order valence-corrected chi connectivity index (χ1v) is 6.27. The number of fused-ring (bicyclic) bond motifs is 1. The summed E-state index contributed by atoms with van der Waals surface area (Å²) >= 11 is 0. The normalized spacial score (nSPS) is 10.9. The van der Waals surface area contributed by atoms with Crippen molar-refractivity contribution in [2.24, 2.45) is 0 Å². The minimum Gasteiger partial charge on any atom is -0.361 e. The van der Waals surface area contributed by atoms with Gasteiger partial charge in [-0.15, -0.1) is 0 Å². The van der Waals surface area contributed by atoms with E-state index in [0.29, 0.717) is 0 Å². The number of hydrogen-bond acceptors (Lipinski definition) is 1. The Labute approximate surface area is 103 Å². The summed E-state index contributed by atoms with van der Waals surface area (Å²) in [4.78, 5) is 3.28. The van der Waals surface area contributed by atoms with Crippen molar-refractivity contribution in [1.82, 2.24) is 4.98 Å². The molecule has 1 heterocycles. The molecule has 17 heavy (non-hydrogen) atoms. The van der Waals surface area contributed by atoms with E-state index in [2.05, 4.69) is 36.3 Å². The van der Waals surface area contributed by atoms with E-state index in [4.69, 9.17) is 5.41 Å². The number of rotatable bonds is 6. The van der Waals surface area contributed by atoms with Crippen LogP contribution in [0.4, 0.5) is 0 Å². The number of benzene rings is 1. The van der Waals surface area contributed by atoms with Crippen LogP contribution in [0.3, 0.4) is 0 Å². The van der Waals surface area contributed by atoms with Gasteiger partial charge in [-0.1, -0.05) is 31.5 Å². The first-order valence-electron chi connectivity index (χ1n) is 6.27. The van der Waals surface area contributed by atoms with E-state index in [9.17, 15) is 0 Å². The van der Waals surface area contributed by atoms with Gasteiger partial charge in [0, 0.05) is 29.2 Å². The number of nitrogens with one attached hydrogen (secondary N) is 2. The molecular formula is C15H19N2. The predicted molar refractivity (Wildman–Crippen MR) is 73.6 cm³/mol. The first-order chi connectivity index (χ1) is 8.31. The van der Waals surface area contributed by atoms with Crippen LogP contribution in [0.2, 0.25) is 0 Å². The van der Waals surface area contributed by atoms with Crippen LogP contribution in [0.15, 0.2) is 30.5 Å². The highest BCUT2D eigenvalue weighted by Crippen LogP contribution is 2.19. The molecule has 2 nitrogen and oxygen atoms in total. The molecule has 0 fully saturated rings. The van der Waals surface area contributed by atoms with Crippen molar-refractivity contribution in [2.75, 3.05) is 0 Å². The van der Waals surface area contributed by atoms with Crippen LogP contribution in [0.25, 0.3) is 10.9 Å². The molecule has 0 saturated carbocycles. The van der Waals surface area contributed by atoms with E-state index in [1.807, 2.05) is 12.5 Å². The molecule has 0 amide bonds. The quantitative estimate of drug-likeness (QED) is 0.697. The summed E-state index contributed by atoms with van der Waals surface area (Å²) in [6, 6.07) is 8.37. The highest BCUT2D eigenvalue weighted by molar-refractivity contribution is 5.89. The summed E-state index contributed by atoms with van der Waals surface area (Å²) in [5.74, 6) is 0. The van der Waals surface area contributed by atoms with Crippen molar-refractivity contribution in [3.8, 4) is 0 Å². The number of hydrogen-bond donors (Lipinski definition) is 2. The maximum absolute atomic E-state index is 7.72. The Balaban J connectivity index is 1.93. The number of H-pyrrole nitrogens is 1. The highest BCUT2D eigenvalue weighted by atomic mass is 14.7. The predicted octanol–water partition coefficient (Wildman–Crippen LogP) is 4.12. The lowest BCUT2D eigenvalue weighted by Gasteiger charge is -2.01. The van der Waals surface area contributed by atoms with Crippen molar-refractivity contribution >= 4 is 16.6 Å². The van der Waals surface area contributed by atoms with Crippen LogP contribution in [0.5, 0.6) is 0 Å². The molecule has 0 aliphatic carbocycles. The van der Waals surface area contributed by atoms with Crippen molar-refractivity contribution in [1.29, 1.82) is 5.41 Å². The fourth-order valence-electron chi connectivity index (χ4n) is 2.11. The zero-order chi connectivity index (χ0) is 12.1. The van der Waals surface area contributed by atoms with Gasteiger partial charge in [0.1, 0.15) is 0 Å². The summed E-state index contributed by atoms with van der Waals surface area (Å²) < 4.78 is 0. The molecule has 1 aromatic carbocycles. The monoisotopic (exact) mass is 227 g/mol. The summed E-state index contributed by atoms with van der Waals surface area (Å²) in [6.07, 6.45) is 8.06. The van der Waals surface area contributed by atoms with E-state index in [-0.39, 0.29) is 0 Å². The number of aromatic amines is 1. The third kappa shape index (κ3) is 2.96. The van der Waals surface area contributed by atoms with Gasteiger partial charge in [-0.3, -0.25) is 0 Å². The van der Waals surface area contributed by atoms with Crippen LogP contribution >= 0.6 is 0 Å². The van der Waals surface area contributed by atoms with Gasteiger partial charge in [0.05, 0.1) is 0 Å². The molecule has 89 valence electrons. The Morgan fingerprint density at radius 3 is 3.00 bits per heavy atom. The summed E-state index contributed by atoms with van der Waals surface area (Å²) in [5, 5.41) is 9.03. The summed E-state index contributed by atoms with van der Waals surface area (Å²) in [7, 11) is 0. The van der Waals surface area contributed by atoms with Gasteiger partial charge in [0.2, 0.25) is 0 Å². The molecule has 2 aromatic rings. The van der Waals surface area contributed by atoms with Gasteiger partial charge in [0.25, 0.3) is 0 Å². The first kappa shape index (κ1) is 11.9.